The van der Waals surface area contributed by atoms with Gasteiger partial charge in [-0.1, -0.05) is 12.1 Å². The maximum atomic E-state index is 12.4. The van der Waals surface area contributed by atoms with Gasteiger partial charge in [0, 0.05) is 5.39 Å². The molecule has 1 aromatic heterocycles. The van der Waals surface area contributed by atoms with Crippen LogP contribution in [0.3, 0.4) is 0 Å². The quantitative estimate of drug-likeness (QED) is 0.835. The molecule has 0 aliphatic carbocycles. The first-order chi connectivity index (χ1) is 9.28. The summed E-state index contributed by atoms with van der Waals surface area (Å²) in [5.41, 5.74) is -0.218. The van der Waals surface area contributed by atoms with E-state index in [2.05, 4.69) is 4.74 Å². The highest BCUT2D eigenvalue weighted by Crippen LogP contribution is 2.29. The molecule has 0 aliphatic rings. The van der Waals surface area contributed by atoms with Crippen LogP contribution in [0.5, 0.6) is 5.75 Å². The first-order valence-electron chi connectivity index (χ1n) is 6.06. The van der Waals surface area contributed by atoms with Crippen molar-refractivity contribution >= 4 is 17.0 Å². The molecular formula is C14H15F2NO3. The molecule has 1 heterocycles. The Bertz CT molecular complexity index is 629. The average Bonchev–Trinajstić information content (AvgIpc) is 2.66. The van der Waals surface area contributed by atoms with E-state index in [9.17, 15) is 13.6 Å². The third-order valence-corrected chi connectivity index (χ3v) is 2.48. The number of para-hydroxylation sites is 1. The smallest absolute Gasteiger partial charge is 0.419 e. The lowest BCUT2D eigenvalue weighted by Crippen LogP contribution is -2.26. The number of fused-ring (bicyclic) bond motifs is 1. The minimum absolute atomic E-state index is 0.0542. The van der Waals surface area contributed by atoms with Gasteiger partial charge in [-0.3, -0.25) is 0 Å². The van der Waals surface area contributed by atoms with E-state index in [-0.39, 0.29) is 5.75 Å². The summed E-state index contributed by atoms with van der Waals surface area (Å²) in [5.74, 6) is -0.0542. The van der Waals surface area contributed by atoms with Crippen LogP contribution in [0.1, 0.15) is 20.8 Å². The SMILES string of the molecule is CC(C)(C)OC(=O)n1cc(OC(F)F)c2ccccc21. The van der Waals surface area contributed by atoms with Crippen LogP contribution in [0.25, 0.3) is 10.9 Å². The molecule has 108 valence electrons. The van der Waals surface area contributed by atoms with Gasteiger partial charge in [-0.25, -0.2) is 9.36 Å². The molecule has 0 bridgehead atoms. The number of alkyl halides is 2. The lowest BCUT2D eigenvalue weighted by molar-refractivity contribution is -0.0489. The van der Waals surface area contributed by atoms with Crippen molar-refractivity contribution < 1.29 is 23.0 Å². The molecule has 0 N–H and O–H groups in total. The van der Waals surface area contributed by atoms with Crippen molar-refractivity contribution in [3.63, 3.8) is 0 Å². The van der Waals surface area contributed by atoms with Gasteiger partial charge < -0.3 is 9.47 Å². The number of ether oxygens (including phenoxy) is 2. The summed E-state index contributed by atoms with van der Waals surface area (Å²) in [5, 5.41) is 0.429. The zero-order valence-electron chi connectivity index (χ0n) is 11.4. The predicted octanol–water partition coefficient (Wildman–Crippen LogP) is 4.03. The summed E-state index contributed by atoms with van der Waals surface area (Å²) < 4.78 is 35.6. The van der Waals surface area contributed by atoms with Crippen molar-refractivity contribution in [3.8, 4) is 5.75 Å². The van der Waals surface area contributed by atoms with E-state index in [4.69, 9.17) is 4.74 Å². The van der Waals surface area contributed by atoms with Crippen molar-refractivity contribution in [2.24, 2.45) is 0 Å². The molecule has 0 saturated carbocycles. The van der Waals surface area contributed by atoms with E-state index < -0.39 is 18.3 Å². The topological polar surface area (TPSA) is 40.5 Å². The maximum absolute atomic E-state index is 12.4. The minimum Gasteiger partial charge on any atom is -0.443 e. The molecule has 1 aromatic carbocycles. The van der Waals surface area contributed by atoms with Gasteiger partial charge in [0.05, 0.1) is 11.7 Å². The van der Waals surface area contributed by atoms with E-state index in [1.807, 2.05) is 0 Å². The van der Waals surface area contributed by atoms with Crippen LogP contribution < -0.4 is 4.74 Å². The highest BCUT2D eigenvalue weighted by Gasteiger charge is 2.21. The molecule has 2 aromatic rings. The Kier molecular flexibility index (Phi) is 3.65. The van der Waals surface area contributed by atoms with Crippen LogP contribution in [0.2, 0.25) is 0 Å². The van der Waals surface area contributed by atoms with Crippen molar-refractivity contribution in [3.05, 3.63) is 30.5 Å². The second-order valence-electron chi connectivity index (χ2n) is 5.24. The molecule has 0 spiro atoms. The zero-order chi connectivity index (χ0) is 14.9. The number of nitrogens with zero attached hydrogens (tertiary/aromatic N) is 1. The van der Waals surface area contributed by atoms with Gasteiger partial charge >= 0.3 is 12.7 Å². The lowest BCUT2D eigenvalue weighted by Gasteiger charge is -2.19. The van der Waals surface area contributed by atoms with Gasteiger partial charge in [0.1, 0.15) is 5.60 Å². The molecule has 0 fully saturated rings. The van der Waals surface area contributed by atoms with Crippen LogP contribution in [0, 0.1) is 0 Å². The van der Waals surface area contributed by atoms with Crippen molar-refractivity contribution in [2.75, 3.05) is 0 Å². The Morgan fingerprint density at radius 3 is 2.50 bits per heavy atom. The maximum Gasteiger partial charge on any atom is 0.419 e. The Hall–Kier alpha value is -2.11. The summed E-state index contributed by atoms with van der Waals surface area (Å²) in [6, 6.07) is 6.63. The second-order valence-corrected chi connectivity index (χ2v) is 5.24. The van der Waals surface area contributed by atoms with Crippen molar-refractivity contribution in [1.82, 2.24) is 4.57 Å². The second kappa shape index (κ2) is 5.11. The Balaban J connectivity index is 2.46. The number of benzene rings is 1. The van der Waals surface area contributed by atoms with E-state index in [1.165, 1.54) is 6.20 Å². The first kappa shape index (κ1) is 14.3. The third kappa shape index (κ3) is 3.07. The van der Waals surface area contributed by atoms with Gasteiger partial charge in [-0.2, -0.15) is 8.78 Å². The lowest BCUT2D eigenvalue weighted by atomic mass is 10.2. The molecule has 4 nitrogen and oxygen atoms in total. The van der Waals surface area contributed by atoms with Gasteiger partial charge in [-0.05, 0) is 32.9 Å². The number of carbonyl (C=O) groups excluding carboxylic acids is 1. The van der Waals surface area contributed by atoms with Crippen molar-refractivity contribution in [1.29, 1.82) is 0 Å². The molecule has 0 radical (unpaired) electrons. The molecule has 0 atom stereocenters. The molecule has 0 amide bonds. The van der Waals surface area contributed by atoms with Crippen molar-refractivity contribution in [2.45, 2.75) is 33.0 Å². The molecule has 0 aliphatic heterocycles. The normalized spacial score (nSPS) is 11.9. The van der Waals surface area contributed by atoms with E-state index in [0.717, 1.165) is 4.57 Å². The fourth-order valence-corrected chi connectivity index (χ4v) is 1.80. The summed E-state index contributed by atoms with van der Waals surface area (Å²) in [7, 11) is 0. The molecule has 0 unspecified atom stereocenters. The van der Waals surface area contributed by atoms with Gasteiger partial charge in [0.25, 0.3) is 0 Å². The number of hydrogen-bond donors (Lipinski definition) is 0. The molecule has 20 heavy (non-hydrogen) atoms. The van der Waals surface area contributed by atoms with Gasteiger partial charge in [0.15, 0.2) is 5.75 Å². The number of halogens is 2. The fourth-order valence-electron chi connectivity index (χ4n) is 1.80. The summed E-state index contributed by atoms with van der Waals surface area (Å²) in [4.78, 5) is 12.1. The standard InChI is InChI=1S/C14H15F2NO3/c1-14(2,3)20-13(18)17-8-11(19-12(15)16)9-6-4-5-7-10(9)17/h4-8,12H,1-3H3. The van der Waals surface area contributed by atoms with Crippen LogP contribution in [0.15, 0.2) is 30.5 Å². The Labute approximate surface area is 114 Å². The average molecular weight is 283 g/mol. The number of hydrogen-bond acceptors (Lipinski definition) is 3. The number of aromatic nitrogens is 1. The third-order valence-electron chi connectivity index (χ3n) is 2.48. The molecule has 2 rings (SSSR count). The fraction of sp³-hybridized carbons (Fsp3) is 0.357. The summed E-state index contributed by atoms with van der Waals surface area (Å²) in [6.07, 6.45) is 0.572. The molecular weight excluding hydrogens is 268 g/mol. The summed E-state index contributed by atoms with van der Waals surface area (Å²) in [6.45, 7) is 2.24. The largest absolute Gasteiger partial charge is 0.443 e. The van der Waals surface area contributed by atoms with Crippen LogP contribution in [0.4, 0.5) is 13.6 Å². The monoisotopic (exact) mass is 283 g/mol. The van der Waals surface area contributed by atoms with Crippen LogP contribution in [-0.4, -0.2) is 22.9 Å². The van der Waals surface area contributed by atoms with E-state index in [0.29, 0.717) is 10.9 Å². The van der Waals surface area contributed by atoms with Gasteiger partial charge in [-0.15, -0.1) is 0 Å². The predicted molar refractivity (Wildman–Crippen MR) is 70.2 cm³/mol. The molecule has 0 saturated heterocycles. The van der Waals surface area contributed by atoms with E-state index in [1.54, 1.807) is 45.0 Å². The first-order valence-corrected chi connectivity index (χ1v) is 6.06. The Morgan fingerprint density at radius 2 is 1.90 bits per heavy atom. The van der Waals surface area contributed by atoms with Gasteiger partial charge in [0.2, 0.25) is 0 Å². The number of carbonyl (C=O) groups is 1. The Morgan fingerprint density at radius 1 is 1.25 bits per heavy atom. The molecule has 6 heteroatoms. The highest BCUT2D eigenvalue weighted by atomic mass is 19.3. The van der Waals surface area contributed by atoms with E-state index >= 15 is 0 Å². The van der Waals surface area contributed by atoms with Crippen LogP contribution in [-0.2, 0) is 4.74 Å². The summed E-state index contributed by atoms with van der Waals surface area (Å²) >= 11 is 0. The van der Waals surface area contributed by atoms with Crippen LogP contribution >= 0.6 is 0 Å². The number of rotatable bonds is 2. The zero-order valence-corrected chi connectivity index (χ0v) is 11.4. The highest BCUT2D eigenvalue weighted by molar-refractivity contribution is 5.94. The minimum atomic E-state index is -2.95.